The average Bonchev–Trinajstić information content (AvgIpc) is 3.10. The van der Waals surface area contributed by atoms with Crippen LogP contribution in [0.5, 0.6) is 0 Å². The standard InChI is InChI=1S/C21H24ClN3O2/c1-2-27-21(26)10-6-16-5-9-20(23-13-16)24-19-11-12-25(15-19)14-17-3-7-18(22)8-4-17/h3-10,13,19H,2,11-12,14-15H2,1H3,(H,23,24)/b10-6+/t19-/m1/s1. The summed E-state index contributed by atoms with van der Waals surface area (Å²) in [6, 6.07) is 12.3. The van der Waals surface area contributed by atoms with Gasteiger partial charge in [0.1, 0.15) is 5.82 Å². The third kappa shape index (κ3) is 6.08. The lowest BCUT2D eigenvalue weighted by Gasteiger charge is -2.17. The van der Waals surface area contributed by atoms with Crippen molar-refractivity contribution in [3.05, 3.63) is 64.8 Å². The molecule has 2 heterocycles. The molecule has 1 aromatic carbocycles. The maximum absolute atomic E-state index is 11.3. The summed E-state index contributed by atoms with van der Waals surface area (Å²) < 4.78 is 4.86. The predicted octanol–water partition coefficient (Wildman–Crippen LogP) is 4.00. The number of likely N-dealkylation sites (tertiary alicyclic amines) is 1. The van der Waals surface area contributed by atoms with Crippen molar-refractivity contribution in [3.63, 3.8) is 0 Å². The van der Waals surface area contributed by atoms with Crippen molar-refractivity contribution in [1.82, 2.24) is 9.88 Å². The van der Waals surface area contributed by atoms with Crippen molar-refractivity contribution >= 4 is 29.5 Å². The van der Waals surface area contributed by atoms with Crippen LogP contribution in [0, 0.1) is 0 Å². The van der Waals surface area contributed by atoms with E-state index in [-0.39, 0.29) is 5.97 Å². The van der Waals surface area contributed by atoms with Gasteiger partial charge >= 0.3 is 5.97 Å². The van der Waals surface area contributed by atoms with Crippen molar-refractivity contribution < 1.29 is 9.53 Å². The number of carbonyl (C=O) groups is 1. The fourth-order valence-corrected chi connectivity index (χ4v) is 3.22. The molecule has 0 amide bonds. The van der Waals surface area contributed by atoms with Crippen molar-refractivity contribution in [2.45, 2.75) is 25.9 Å². The van der Waals surface area contributed by atoms with Gasteiger partial charge in [0.2, 0.25) is 0 Å². The second-order valence-electron chi connectivity index (χ2n) is 6.55. The number of halogens is 1. The molecule has 1 saturated heterocycles. The number of rotatable bonds is 7. The van der Waals surface area contributed by atoms with E-state index in [1.165, 1.54) is 11.6 Å². The molecule has 1 atom stereocenters. The largest absolute Gasteiger partial charge is 0.463 e. The molecular formula is C21H24ClN3O2. The highest BCUT2D eigenvalue weighted by atomic mass is 35.5. The lowest BCUT2D eigenvalue weighted by Crippen LogP contribution is -2.26. The van der Waals surface area contributed by atoms with E-state index in [2.05, 4.69) is 27.3 Å². The Labute approximate surface area is 165 Å². The molecule has 1 N–H and O–H groups in total. The predicted molar refractivity (Wildman–Crippen MR) is 109 cm³/mol. The Hall–Kier alpha value is -2.37. The number of aromatic nitrogens is 1. The second-order valence-corrected chi connectivity index (χ2v) is 6.99. The van der Waals surface area contributed by atoms with Gasteiger partial charge in [-0.05, 0) is 54.8 Å². The summed E-state index contributed by atoms with van der Waals surface area (Å²) in [5, 5.41) is 4.26. The minimum atomic E-state index is -0.341. The minimum Gasteiger partial charge on any atom is -0.463 e. The van der Waals surface area contributed by atoms with Crippen LogP contribution in [0.4, 0.5) is 5.82 Å². The first kappa shape index (κ1) is 19.4. The van der Waals surface area contributed by atoms with E-state index < -0.39 is 0 Å². The smallest absolute Gasteiger partial charge is 0.330 e. The van der Waals surface area contributed by atoms with Gasteiger partial charge < -0.3 is 10.1 Å². The summed E-state index contributed by atoms with van der Waals surface area (Å²) in [7, 11) is 0. The number of pyridine rings is 1. The molecule has 0 bridgehead atoms. The van der Waals surface area contributed by atoms with Crippen LogP contribution in [0.3, 0.4) is 0 Å². The van der Waals surface area contributed by atoms with Crippen LogP contribution in [-0.4, -0.2) is 41.6 Å². The quantitative estimate of drug-likeness (QED) is 0.576. The zero-order chi connectivity index (χ0) is 19.1. The Bertz CT molecular complexity index is 775. The Morgan fingerprint density at radius 3 is 2.85 bits per heavy atom. The summed E-state index contributed by atoms with van der Waals surface area (Å²) in [6.07, 6.45) is 5.95. The lowest BCUT2D eigenvalue weighted by molar-refractivity contribution is -0.137. The number of benzene rings is 1. The molecule has 1 aliphatic rings. The zero-order valence-corrected chi connectivity index (χ0v) is 16.2. The highest BCUT2D eigenvalue weighted by molar-refractivity contribution is 6.30. The average molecular weight is 386 g/mol. The summed E-state index contributed by atoms with van der Waals surface area (Å²) >= 11 is 5.94. The molecule has 0 aliphatic carbocycles. The molecule has 0 unspecified atom stereocenters. The molecule has 0 spiro atoms. The van der Waals surface area contributed by atoms with Gasteiger partial charge in [-0.3, -0.25) is 4.90 Å². The number of ether oxygens (including phenoxy) is 1. The van der Waals surface area contributed by atoms with E-state index in [1.807, 2.05) is 24.3 Å². The maximum Gasteiger partial charge on any atom is 0.330 e. The molecule has 6 heteroatoms. The van der Waals surface area contributed by atoms with E-state index in [9.17, 15) is 4.79 Å². The third-order valence-corrected chi connectivity index (χ3v) is 4.68. The Balaban J connectivity index is 1.48. The molecule has 3 rings (SSSR count). The van der Waals surface area contributed by atoms with E-state index in [0.29, 0.717) is 12.6 Å². The number of hydrogen-bond acceptors (Lipinski definition) is 5. The summed E-state index contributed by atoms with van der Waals surface area (Å²) in [6.45, 7) is 5.13. The first-order valence-corrected chi connectivity index (χ1v) is 9.54. The van der Waals surface area contributed by atoms with Crippen molar-refractivity contribution in [2.75, 3.05) is 25.0 Å². The van der Waals surface area contributed by atoms with E-state index in [1.54, 1.807) is 19.2 Å². The number of esters is 1. The molecule has 1 fully saturated rings. The molecule has 2 aromatic rings. The van der Waals surface area contributed by atoms with Crippen molar-refractivity contribution in [3.8, 4) is 0 Å². The van der Waals surface area contributed by atoms with Gasteiger partial charge in [0.15, 0.2) is 0 Å². The van der Waals surface area contributed by atoms with Gasteiger partial charge in [-0.25, -0.2) is 9.78 Å². The van der Waals surface area contributed by atoms with E-state index >= 15 is 0 Å². The first-order chi connectivity index (χ1) is 13.1. The molecule has 27 heavy (non-hydrogen) atoms. The number of hydrogen-bond donors (Lipinski definition) is 1. The molecule has 0 radical (unpaired) electrons. The first-order valence-electron chi connectivity index (χ1n) is 9.16. The van der Waals surface area contributed by atoms with Crippen LogP contribution in [0.15, 0.2) is 48.7 Å². The molecule has 1 aliphatic heterocycles. The monoisotopic (exact) mass is 385 g/mol. The number of nitrogens with zero attached hydrogens (tertiary/aromatic N) is 2. The normalized spacial score (nSPS) is 17.3. The Morgan fingerprint density at radius 1 is 1.33 bits per heavy atom. The summed E-state index contributed by atoms with van der Waals surface area (Å²) in [5.74, 6) is 0.507. The molecular weight excluding hydrogens is 362 g/mol. The highest BCUT2D eigenvalue weighted by Crippen LogP contribution is 2.18. The molecule has 142 valence electrons. The SMILES string of the molecule is CCOC(=O)/C=C/c1ccc(N[C@@H]2CCN(Cc3ccc(Cl)cc3)C2)nc1. The number of anilines is 1. The highest BCUT2D eigenvalue weighted by Gasteiger charge is 2.22. The van der Waals surface area contributed by atoms with Gasteiger partial charge in [0, 0.05) is 43.0 Å². The fourth-order valence-electron chi connectivity index (χ4n) is 3.10. The minimum absolute atomic E-state index is 0.341. The maximum atomic E-state index is 11.3. The van der Waals surface area contributed by atoms with E-state index in [4.69, 9.17) is 16.3 Å². The Morgan fingerprint density at radius 2 is 2.15 bits per heavy atom. The van der Waals surface area contributed by atoms with Gasteiger partial charge in [-0.1, -0.05) is 23.7 Å². The van der Waals surface area contributed by atoms with Crippen LogP contribution in [-0.2, 0) is 16.1 Å². The molecule has 0 saturated carbocycles. The van der Waals surface area contributed by atoms with Crippen LogP contribution in [0.25, 0.3) is 6.08 Å². The lowest BCUT2D eigenvalue weighted by atomic mass is 10.2. The summed E-state index contributed by atoms with van der Waals surface area (Å²) in [4.78, 5) is 18.2. The van der Waals surface area contributed by atoms with Crippen LogP contribution in [0.1, 0.15) is 24.5 Å². The summed E-state index contributed by atoms with van der Waals surface area (Å²) in [5.41, 5.74) is 2.14. The second kappa shape index (κ2) is 9.53. The van der Waals surface area contributed by atoms with Crippen LogP contribution in [0.2, 0.25) is 5.02 Å². The molecule has 5 nitrogen and oxygen atoms in total. The van der Waals surface area contributed by atoms with Crippen LogP contribution >= 0.6 is 11.6 Å². The number of carbonyl (C=O) groups excluding carboxylic acids is 1. The van der Waals surface area contributed by atoms with Crippen molar-refractivity contribution in [1.29, 1.82) is 0 Å². The topological polar surface area (TPSA) is 54.5 Å². The third-order valence-electron chi connectivity index (χ3n) is 4.43. The van der Waals surface area contributed by atoms with Gasteiger partial charge in [-0.15, -0.1) is 0 Å². The number of nitrogens with one attached hydrogen (secondary N) is 1. The fraction of sp³-hybridized carbons (Fsp3) is 0.333. The van der Waals surface area contributed by atoms with Crippen molar-refractivity contribution in [2.24, 2.45) is 0 Å². The van der Waals surface area contributed by atoms with Crippen LogP contribution < -0.4 is 5.32 Å². The van der Waals surface area contributed by atoms with Gasteiger partial charge in [0.05, 0.1) is 6.61 Å². The van der Waals surface area contributed by atoms with Gasteiger partial charge in [-0.2, -0.15) is 0 Å². The van der Waals surface area contributed by atoms with E-state index in [0.717, 1.165) is 42.5 Å². The molecule has 1 aromatic heterocycles. The zero-order valence-electron chi connectivity index (χ0n) is 15.4. The Kier molecular flexibility index (Phi) is 6.85. The van der Waals surface area contributed by atoms with Gasteiger partial charge in [0.25, 0.3) is 0 Å².